The third-order valence-electron chi connectivity index (χ3n) is 3.53. The first-order valence-electron chi connectivity index (χ1n) is 8.04. The van der Waals surface area contributed by atoms with E-state index in [2.05, 4.69) is 15.3 Å². The van der Waals surface area contributed by atoms with E-state index in [1.165, 1.54) is 0 Å². The molecule has 1 aromatic rings. The van der Waals surface area contributed by atoms with Gasteiger partial charge in [0, 0.05) is 49.8 Å². The van der Waals surface area contributed by atoms with Crippen molar-refractivity contribution in [3.05, 3.63) is 46.4 Å². The van der Waals surface area contributed by atoms with Crippen LogP contribution in [-0.2, 0) is 0 Å². The van der Waals surface area contributed by atoms with Gasteiger partial charge in [-0.3, -0.25) is 15.4 Å². The zero-order chi connectivity index (χ0) is 19.0. The molecule has 7 heteroatoms. The molecule has 0 amide bonds. The van der Waals surface area contributed by atoms with Gasteiger partial charge in [-0.15, -0.1) is 0 Å². The maximum absolute atomic E-state index is 10.0. The Morgan fingerprint density at radius 3 is 2.76 bits per heavy atom. The molecule has 0 radical (unpaired) electrons. The lowest BCUT2D eigenvalue weighted by Gasteiger charge is -2.15. The van der Waals surface area contributed by atoms with E-state index in [1.807, 2.05) is 19.9 Å². The van der Waals surface area contributed by atoms with Crippen molar-refractivity contribution >= 4 is 28.7 Å². The number of rotatable bonds is 8. The van der Waals surface area contributed by atoms with Gasteiger partial charge in [0.2, 0.25) is 0 Å². The molecule has 25 heavy (non-hydrogen) atoms. The number of aryl methyl sites for hydroxylation is 1. The third kappa shape index (κ3) is 5.99. The first-order chi connectivity index (χ1) is 11.8. The van der Waals surface area contributed by atoms with Crippen LogP contribution in [0.5, 0.6) is 0 Å². The van der Waals surface area contributed by atoms with Crippen molar-refractivity contribution in [1.82, 2.24) is 10.3 Å². The lowest BCUT2D eigenvalue weighted by atomic mass is 9.99. The highest BCUT2D eigenvalue weighted by Gasteiger charge is 2.16. The SMILES string of the molecule is CCN/C=C(/CC(C=NC)=C(N)c1ncc(C)cc1C(C)O)C(=N)Cl. The number of allylic oxidation sites excluding steroid dienone is 2. The number of hydrogen-bond acceptors (Lipinski definition) is 6. The Morgan fingerprint density at radius 2 is 2.24 bits per heavy atom. The van der Waals surface area contributed by atoms with Crippen molar-refractivity contribution in [2.45, 2.75) is 33.3 Å². The lowest BCUT2D eigenvalue weighted by molar-refractivity contribution is 0.198. The van der Waals surface area contributed by atoms with Gasteiger partial charge in [-0.05, 0) is 38.0 Å². The van der Waals surface area contributed by atoms with Crippen LogP contribution in [0.3, 0.4) is 0 Å². The van der Waals surface area contributed by atoms with Crippen LogP contribution in [0.25, 0.3) is 5.70 Å². The smallest absolute Gasteiger partial charge is 0.125 e. The van der Waals surface area contributed by atoms with Crippen LogP contribution in [0.2, 0.25) is 0 Å². The molecule has 0 spiro atoms. The molecule has 0 saturated heterocycles. The molecule has 0 fully saturated rings. The van der Waals surface area contributed by atoms with E-state index < -0.39 is 6.10 Å². The minimum atomic E-state index is -0.705. The Balaban J connectivity index is 3.43. The van der Waals surface area contributed by atoms with Crippen molar-refractivity contribution in [2.24, 2.45) is 10.7 Å². The van der Waals surface area contributed by atoms with E-state index in [4.69, 9.17) is 22.7 Å². The Bertz CT molecular complexity index is 707. The highest BCUT2D eigenvalue weighted by Crippen LogP contribution is 2.25. The molecule has 0 bridgehead atoms. The zero-order valence-electron chi connectivity index (χ0n) is 15.1. The molecule has 0 aliphatic carbocycles. The molecule has 6 nitrogen and oxygen atoms in total. The number of aliphatic hydroxyl groups excluding tert-OH is 1. The number of aliphatic imine (C=N–C) groups is 1. The molecule has 136 valence electrons. The molecule has 1 aromatic heterocycles. The van der Waals surface area contributed by atoms with Gasteiger partial charge in [0.1, 0.15) is 5.17 Å². The minimum Gasteiger partial charge on any atom is -0.397 e. The van der Waals surface area contributed by atoms with Crippen LogP contribution in [-0.4, -0.2) is 35.1 Å². The van der Waals surface area contributed by atoms with Crippen LogP contribution < -0.4 is 11.1 Å². The van der Waals surface area contributed by atoms with Crippen LogP contribution in [0.15, 0.2) is 34.6 Å². The molecule has 1 atom stereocenters. The Kier molecular flexibility index (Phi) is 8.31. The molecule has 0 aliphatic heterocycles. The molecular weight excluding hydrogens is 338 g/mol. The van der Waals surface area contributed by atoms with E-state index in [-0.39, 0.29) is 5.17 Å². The normalized spacial score (nSPS) is 14.4. The quantitative estimate of drug-likeness (QED) is 0.532. The van der Waals surface area contributed by atoms with Crippen molar-refractivity contribution in [3.8, 4) is 0 Å². The topological polar surface area (TPSA) is 107 Å². The van der Waals surface area contributed by atoms with Crippen molar-refractivity contribution in [1.29, 1.82) is 5.41 Å². The second kappa shape index (κ2) is 9.96. The number of aliphatic hydroxyl groups is 1. The van der Waals surface area contributed by atoms with Gasteiger partial charge >= 0.3 is 0 Å². The van der Waals surface area contributed by atoms with Crippen LogP contribution in [0.4, 0.5) is 0 Å². The van der Waals surface area contributed by atoms with Crippen LogP contribution >= 0.6 is 11.6 Å². The largest absolute Gasteiger partial charge is 0.397 e. The predicted octanol–water partition coefficient (Wildman–Crippen LogP) is 2.91. The van der Waals surface area contributed by atoms with Crippen molar-refractivity contribution in [2.75, 3.05) is 13.6 Å². The predicted molar refractivity (Wildman–Crippen MR) is 105 cm³/mol. The number of aromatic nitrogens is 1. The molecule has 1 heterocycles. The van der Waals surface area contributed by atoms with Gasteiger partial charge in [0.15, 0.2) is 0 Å². The molecular formula is C18H26ClN5O. The van der Waals surface area contributed by atoms with E-state index in [0.717, 1.165) is 12.1 Å². The van der Waals surface area contributed by atoms with Gasteiger partial charge in [-0.25, -0.2) is 0 Å². The minimum absolute atomic E-state index is 0.0663. The lowest BCUT2D eigenvalue weighted by Crippen LogP contribution is -2.12. The number of nitrogens with zero attached hydrogens (tertiary/aromatic N) is 2. The summed E-state index contributed by atoms with van der Waals surface area (Å²) in [7, 11) is 1.64. The van der Waals surface area contributed by atoms with E-state index in [9.17, 15) is 5.11 Å². The second-order valence-electron chi connectivity index (χ2n) is 5.67. The second-order valence-corrected chi connectivity index (χ2v) is 6.05. The van der Waals surface area contributed by atoms with Gasteiger partial charge in [-0.2, -0.15) is 0 Å². The van der Waals surface area contributed by atoms with Crippen molar-refractivity contribution < 1.29 is 5.11 Å². The maximum atomic E-state index is 10.0. The van der Waals surface area contributed by atoms with Crippen LogP contribution in [0, 0.1) is 12.3 Å². The number of pyridine rings is 1. The highest BCUT2D eigenvalue weighted by molar-refractivity contribution is 6.68. The monoisotopic (exact) mass is 363 g/mol. The maximum Gasteiger partial charge on any atom is 0.125 e. The standard InChI is InChI=1S/C18H26ClN5O/c1-5-23-10-14(18(19)21)7-13(9-22-4)16(20)17-15(12(3)25)6-11(2)8-24-17/h6,8-10,12,21,23,25H,5,7,20H2,1-4H3/b14-10-,16-13?,21-18?,22-9?. The van der Waals surface area contributed by atoms with E-state index in [0.29, 0.717) is 34.5 Å². The summed E-state index contributed by atoms with van der Waals surface area (Å²) in [5.74, 6) is 0. The molecule has 0 aliphatic rings. The molecule has 1 rings (SSSR count). The molecule has 0 saturated carbocycles. The summed E-state index contributed by atoms with van der Waals surface area (Å²) in [6, 6.07) is 1.86. The van der Waals surface area contributed by atoms with Crippen molar-refractivity contribution in [3.63, 3.8) is 0 Å². The van der Waals surface area contributed by atoms with Gasteiger partial charge in [0.05, 0.1) is 17.5 Å². The summed E-state index contributed by atoms with van der Waals surface area (Å²) in [5.41, 5.74) is 10.1. The average molecular weight is 364 g/mol. The summed E-state index contributed by atoms with van der Waals surface area (Å²) in [6.45, 7) is 6.25. The summed E-state index contributed by atoms with van der Waals surface area (Å²) in [5, 5.41) is 20.8. The molecule has 0 aromatic carbocycles. The summed E-state index contributed by atoms with van der Waals surface area (Å²) >= 11 is 5.89. The van der Waals surface area contributed by atoms with Gasteiger partial charge in [0.25, 0.3) is 0 Å². The number of nitrogens with one attached hydrogen (secondary N) is 2. The fourth-order valence-corrected chi connectivity index (χ4v) is 2.40. The number of halogens is 1. The zero-order valence-corrected chi connectivity index (χ0v) is 15.9. The molecule has 5 N–H and O–H groups in total. The van der Waals surface area contributed by atoms with E-state index in [1.54, 1.807) is 32.6 Å². The first kappa shape index (κ1) is 20.9. The fraction of sp³-hybridized carbons (Fsp3) is 0.389. The molecule has 1 unspecified atom stereocenters. The average Bonchev–Trinajstić information content (AvgIpc) is 2.56. The highest BCUT2D eigenvalue weighted by atomic mass is 35.5. The van der Waals surface area contributed by atoms with Crippen LogP contribution in [0.1, 0.15) is 43.2 Å². The van der Waals surface area contributed by atoms with E-state index >= 15 is 0 Å². The number of hydrogen-bond donors (Lipinski definition) is 4. The van der Waals surface area contributed by atoms with Gasteiger partial charge < -0.3 is 16.2 Å². The Labute approximate surface area is 154 Å². The first-order valence-corrected chi connectivity index (χ1v) is 8.42. The summed E-state index contributed by atoms with van der Waals surface area (Å²) in [4.78, 5) is 8.44. The van der Waals surface area contributed by atoms with Gasteiger partial charge in [-0.1, -0.05) is 11.6 Å². The third-order valence-corrected chi connectivity index (χ3v) is 3.78. The summed E-state index contributed by atoms with van der Waals surface area (Å²) in [6.07, 6.45) is 4.65. The summed E-state index contributed by atoms with van der Waals surface area (Å²) < 4.78 is 0. The fourth-order valence-electron chi connectivity index (χ4n) is 2.28. The number of nitrogens with two attached hydrogens (primary N) is 1. The Morgan fingerprint density at radius 1 is 1.56 bits per heavy atom. The Hall–Kier alpha value is -2.18.